The molecular formula is C27H35ClN2O. The zero-order valence-corrected chi connectivity index (χ0v) is 20.4. The molecule has 0 bridgehead atoms. The van der Waals surface area contributed by atoms with Crippen molar-refractivity contribution in [3.8, 4) is 0 Å². The third-order valence-corrected chi connectivity index (χ3v) is 5.67. The van der Waals surface area contributed by atoms with Gasteiger partial charge in [-0.05, 0) is 73.6 Å². The van der Waals surface area contributed by atoms with Gasteiger partial charge < -0.3 is 4.84 Å². The quantitative estimate of drug-likeness (QED) is 0.232. The highest BCUT2D eigenvalue weighted by molar-refractivity contribution is 6.30. The normalized spacial score (nSPS) is 13.3. The Balaban J connectivity index is 2.27. The number of para-hydroxylation sites is 1. The van der Waals surface area contributed by atoms with Crippen LogP contribution in [0.15, 0.2) is 71.4 Å². The molecule has 2 aromatic carbocycles. The van der Waals surface area contributed by atoms with Gasteiger partial charge in [0.05, 0.1) is 5.69 Å². The van der Waals surface area contributed by atoms with Gasteiger partial charge in [-0.2, -0.15) is 0 Å². The summed E-state index contributed by atoms with van der Waals surface area (Å²) in [6.45, 7) is 15.0. The summed E-state index contributed by atoms with van der Waals surface area (Å²) < 4.78 is 0. The van der Waals surface area contributed by atoms with Gasteiger partial charge in [-0.25, -0.2) is 5.48 Å². The maximum Gasteiger partial charge on any atom is 0.172 e. The standard InChI is InChI=1S/C27H35ClN2O/c1-8-22-17-23(28)13-14-24(22)25(15-18(2)3)20(5)16-27(29-7)21(6)31-30-26-12-10-9-11-19(26)4/h9-14,16-18,25,30H,6,8,15H2,1-5,7H3/b20-16+,29-27?. The van der Waals surface area contributed by atoms with Crippen molar-refractivity contribution in [1.82, 2.24) is 0 Å². The van der Waals surface area contributed by atoms with E-state index in [0.717, 1.165) is 34.8 Å². The maximum absolute atomic E-state index is 6.26. The summed E-state index contributed by atoms with van der Waals surface area (Å²) in [5.74, 6) is 1.32. The van der Waals surface area contributed by atoms with Crippen LogP contribution in [0.25, 0.3) is 0 Å². The summed E-state index contributed by atoms with van der Waals surface area (Å²) in [4.78, 5) is 10.2. The van der Waals surface area contributed by atoms with Crippen LogP contribution in [0, 0.1) is 12.8 Å². The molecule has 2 aromatic rings. The zero-order chi connectivity index (χ0) is 23.0. The van der Waals surface area contributed by atoms with Gasteiger partial charge in [-0.3, -0.25) is 4.99 Å². The number of hydrogen-bond donors (Lipinski definition) is 1. The summed E-state index contributed by atoms with van der Waals surface area (Å²) in [6.07, 6.45) is 4.08. The number of hydrogen-bond acceptors (Lipinski definition) is 3. The van der Waals surface area contributed by atoms with Gasteiger partial charge >= 0.3 is 0 Å². The summed E-state index contributed by atoms with van der Waals surface area (Å²) in [6, 6.07) is 14.2. The molecule has 0 aliphatic heterocycles. The van der Waals surface area contributed by atoms with E-state index in [9.17, 15) is 0 Å². The number of anilines is 1. The SMILES string of the molecule is C=C(ONc1ccccc1C)C(/C=C(\C)C(CC(C)C)c1ccc(Cl)cc1CC)=NC. The minimum Gasteiger partial charge on any atom is -0.381 e. The molecule has 31 heavy (non-hydrogen) atoms. The largest absolute Gasteiger partial charge is 0.381 e. The fourth-order valence-electron chi connectivity index (χ4n) is 3.69. The lowest BCUT2D eigenvalue weighted by atomic mass is 9.81. The van der Waals surface area contributed by atoms with E-state index in [-0.39, 0.29) is 5.92 Å². The van der Waals surface area contributed by atoms with Crippen molar-refractivity contribution in [1.29, 1.82) is 0 Å². The Hall–Kier alpha value is -2.52. The molecule has 0 heterocycles. The van der Waals surface area contributed by atoms with Crippen LogP contribution in [-0.2, 0) is 11.3 Å². The number of aliphatic imine (C=N–C) groups is 1. The topological polar surface area (TPSA) is 33.6 Å². The van der Waals surface area contributed by atoms with Crippen molar-refractivity contribution in [2.75, 3.05) is 12.5 Å². The second-order valence-electron chi connectivity index (χ2n) is 8.32. The van der Waals surface area contributed by atoms with E-state index >= 15 is 0 Å². The predicted octanol–water partition coefficient (Wildman–Crippen LogP) is 7.92. The lowest BCUT2D eigenvalue weighted by Crippen LogP contribution is -2.12. The van der Waals surface area contributed by atoms with Crippen molar-refractivity contribution in [2.45, 2.75) is 53.4 Å². The Kier molecular flexibility index (Phi) is 9.39. The monoisotopic (exact) mass is 438 g/mol. The molecule has 1 unspecified atom stereocenters. The maximum atomic E-state index is 6.26. The third-order valence-electron chi connectivity index (χ3n) is 5.44. The van der Waals surface area contributed by atoms with Crippen molar-refractivity contribution in [3.05, 3.63) is 88.2 Å². The number of nitrogens with one attached hydrogen (secondary N) is 1. The summed E-state index contributed by atoms with van der Waals surface area (Å²) in [5.41, 5.74) is 9.57. The molecule has 0 fully saturated rings. The van der Waals surface area contributed by atoms with E-state index in [1.54, 1.807) is 7.05 Å². The number of rotatable bonds is 10. The Morgan fingerprint density at radius 2 is 1.94 bits per heavy atom. The average molecular weight is 439 g/mol. The van der Waals surface area contributed by atoms with Crippen LogP contribution in [-0.4, -0.2) is 12.8 Å². The van der Waals surface area contributed by atoms with Gasteiger partial charge in [0.25, 0.3) is 0 Å². The molecule has 2 rings (SSSR count). The molecule has 0 saturated carbocycles. The van der Waals surface area contributed by atoms with Crippen LogP contribution >= 0.6 is 11.6 Å². The Labute approximate surface area is 192 Å². The molecule has 0 amide bonds. The smallest absolute Gasteiger partial charge is 0.172 e. The number of benzene rings is 2. The first-order valence-corrected chi connectivity index (χ1v) is 11.3. The highest BCUT2D eigenvalue weighted by Crippen LogP contribution is 2.34. The highest BCUT2D eigenvalue weighted by atomic mass is 35.5. The van der Waals surface area contributed by atoms with Gasteiger partial charge in [-0.15, -0.1) is 0 Å². The van der Waals surface area contributed by atoms with Gasteiger partial charge in [0.1, 0.15) is 5.71 Å². The van der Waals surface area contributed by atoms with E-state index < -0.39 is 0 Å². The van der Waals surface area contributed by atoms with Gasteiger partial charge in [0.15, 0.2) is 5.76 Å². The summed E-state index contributed by atoms with van der Waals surface area (Å²) in [7, 11) is 1.76. The van der Waals surface area contributed by atoms with Gasteiger partial charge in [0, 0.05) is 18.0 Å². The van der Waals surface area contributed by atoms with E-state index in [2.05, 4.69) is 63.0 Å². The Bertz CT molecular complexity index is 959. The fourth-order valence-corrected chi connectivity index (χ4v) is 3.89. The minimum absolute atomic E-state index is 0.279. The van der Waals surface area contributed by atoms with Crippen molar-refractivity contribution >= 4 is 23.0 Å². The molecule has 0 aliphatic carbocycles. The Morgan fingerprint density at radius 3 is 2.55 bits per heavy atom. The Morgan fingerprint density at radius 1 is 1.23 bits per heavy atom. The van der Waals surface area contributed by atoms with Crippen LogP contribution in [0.1, 0.15) is 56.7 Å². The summed E-state index contributed by atoms with van der Waals surface area (Å²) in [5, 5.41) is 0.783. The van der Waals surface area contributed by atoms with Gasteiger partial charge in [-0.1, -0.05) is 68.8 Å². The molecule has 4 heteroatoms. The second kappa shape index (κ2) is 11.8. The molecule has 1 N–H and O–H groups in total. The van der Waals surface area contributed by atoms with E-state index in [0.29, 0.717) is 11.7 Å². The first-order valence-electron chi connectivity index (χ1n) is 10.9. The molecule has 0 saturated heterocycles. The predicted molar refractivity (Wildman–Crippen MR) is 135 cm³/mol. The molecule has 0 aromatic heterocycles. The van der Waals surface area contributed by atoms with E-state index in [1.165, 1.54) is 16.7 Å². The number of nitrogens with zero attached hydrogens (tertiary/aromatic N) is 1. The third kappa shape index (κ3) is 7.00. The zero-order valence-electron chi connectivity index (χ0n) is 19.6. The molecule has 0 spiro atoms. The van der Waals surface area contributed by atoms with Crippen LogP contribution in [0.3, 0.4) is 0 Å². The van der Waals surface area contributed by atoms with E-state index in [4.69, 9.17) is 16.4 Å². The highest BCUT2D eigenvalue weighted by Gasteiger charge is 2.19. The molecular weight excluding hydrogens is 404 g/mol. The summed E-state index contributed by atoms with van der Waals surface area (Å²) >= 11 is 6.26. The molecule has 0 aliphatic rings. The van der Waals surface area contributed by atoms with Crippen LogP contribution in [0.5, 0.6) is 0 Å². The van der Waals surface area contributed by atoms with Crippen molar-refractivity contribution < 1.29 is 4.84 Å². The fraction of sp³-hybridized carbons (Fsp3) is 0.370. The van der Waals surface area contributed by atoms with Crippen LogP contribution in [0.4, 0.5) is 5.69 Å². The lowest BCUT2D eigenvalue weighted by molar-refractivity contribution is 0.309. The molecule has 1 atom stereocenters. The first kappa shape index (κ1) is 24.7. The lowest BCUT2D eigenvalue weighted by Gasteiger charge is -2.24. The first-order chi connectivity index (χ1) is 14.8. The number of halogens is 1. The minimum atomic E-state index is 0.279. The number of aryl methyl sites for hydroxylation is 2. The van der Waals surface area contributed by atoms with Gasteiger partial charge in [0.2, 0.25) is 0 Å². The van der Waals surface area contributed by atoms with E-state index in [1.807, 2.05) is 37.3 Å². The van der Waals surface area contributed by atoms with Crippen molar-refractivity contribution in [3.63, 3.8) is 0 Å². The van der Waals surface area contributed by atoms with Crippen LogP contribution in [0.2, 0.25) is 5.02 Å². The second-order valence-corrected chi connectivity index (χ2v) is 8.75. The number of allylic oxidation sites excluding steroid dienone is 2. The molecule has 0 radical (unpaired) electrons. The van der Waals surface area contributed by atoms with Crippen LogP contribution < -0.4 is 5.48 Å². The molecule has 3 nitrogen and oxygen atoms in total. The molecule has 166 valence electrons. The van der Waals surface area contributed by atoms with Crippen molar-refractivity contribution in [2.24, 2.45) is 10.9 Å². The average Bonchev–Trinajstić information content (AvgIpc) is 2.74.